The van der Waals surface area contributed by atoms with E-state index in [1.807, 2.05) is 13.8 Å². The second kappa shape index (κ2) is 13.9. The molecule has 5 rings (SSSR count). The molecule has 0 amide bonds. The van der Waals surface area contributed by atoms with Gasteiger partial charge in [0.05, 0.1) is 45.4 Å². The molecule has 3 aromatic carbocycles. The molecule has 2 heterocycles. The summed E-state index contributed by atoms with van der Waals surface area (Å²) in [6.45, 7) is 4.64. The highest BCUT2D eigenvalue weighted by Crippen LogP contribution is 2.37. The minimum absolute atomic E-state index is 0.0426. The van der Waals surface area contributed by atoms with E-state index < -0.39 is 12.0 Å². The number of thiazole rings is 1. The lowest BCUT2D eigenvalue weighted by Gasteiger charge is -2.23. The van der Waals surface area contributed by atoms with Crippen LogP contribution < -0.4 is 29.1 Å². The molecule has 8 nitrogen and oxygen atoms in total. The Morgan fingerprint density at radius 2 is 1.73 bits per heavy atom. The molecule has 1 aromatic heterocycles. The molecule has 0 N–H and O–H groups in total. The van der Waals surface area contributed by atoms with Crippen LogP contribution in [0.25, 0.3) is 6.08 Å². The Bertz CT molecular complexity index is 1910. The number of hydrogen-bond acceptors (Lipinski definition) is 8. The lowest BCUT2D eigenvalue weighted by Crippen LogP contribution is -2.39. The predicted molar refractivity (Wildman–Crippen MR) is 173 cm³/mol. The van der Waals surface area contributed by atoms with Crippen LogP contribution in [0.2, 0.25) is 0 Å². The Kier molecular flexibility index (Phi) is 10.0. The number of carbonyl (C=O) groups excluding carboxylic acids is 1. The van der Waals surface area contributed by atoms with Gasteiger partial charge >= 0.3 is 5.97 Å². The van der Waals surface area contributed by atoms with E-state index in [0.29, 0.717) is 65.4 Å². The zero-order valence-electron chi connectivity index (χ0n) is 23.9. The number of nitrogens with zero attached hydrogens (tertiary/aromatic N) is 2. The van der Waals surface area contributed by atoms with E-state index in [1.165, 1.54) is 35.3 Å². The maximum atomic E-state index is 14.1. The Balaban J connectivity index is 1.55. The number of carbonyl (C=O) groups is 1. The van der Waals surface area contributed by atoms with Gasteiger partial charge < -0.3 is 18.9 Å². The molecule has 0 unspecified atom stereocenters. The molecule has 0 saturated carbocycles. The number of hydrogen-bond donors (Lipinski definition) is 0. The summed E-state index contributed by atoms with van der Waals surface area (Å²) in [6, 6.07) is 14.6. The van der Waals surface area contributed by atoms with Gasteiger partial charge in [0, 0.05) is 11.8 Å². The van der Waals surface area contributed by atoms with Gasteiger partial charge in [0.1, 0.15) is 18.2 Å². The van der Waals surface area contributed by atoms with Crippen molar-refractivity contribution < 1.29 is 28.1 Å². The molecule has 1 aliphatic heterocycles. The van der Waals surface area contributed by atoms with Gasteiger partial charge in [0.25, 0.3) is 5.56 Å². The van der Waals surface area contributed by atoms with Gasteiger partial charge in [-0.15, -0.1) is 0 Å². The minimum Gasteiger partial charge on any atom is -0.490 e. The van der Waals surface area contributed by atoms with Crippen LogP contribution in [0.1, 0.15) is 36.6 Å². The van der Waals surface area contributed by atoms with Crippen LogP contribution in [0.4, 0.5) is 4.39 Å². The van der Waals surface area contributed by atoms with Gasteiger partial charge in [0.15, 0.2) is 16.3 Å². The van der Waals surface area contributed by atoms with Crippen molar-refractivity contribution in [2.24, 2.45) is 4.99 Å². The smallest absolute Gasteiger partial charge is 0.337 e. The third-order valence-corrected chi connectivity index (χ3v) is 8.83. The molecule has 1 aliphatic rings. The Labute approximate surface area is 273 Å². The van der Waals surface area contributed by atoms with Crippen molar-refractivity contribution in [3.8, 4) is 17.2 Å². The van der Waals surface area contributed by atoms with E-state index in [1.54, 1.807) is 54.6 Å². The summed E-state index contributed by atoms with van der Waals surface area (Å²) in [5.74, 6) is 0.613. The fourth-order valence-corrected chi connectivity index (χ4v) is 7.12. The van der Waals surface area contributed by atoms with Crippen molar-refractivity contribution in [1.29, 1.82) is 0 Å². The number of benzene rings is 3. The maximum Gasteiger partial charge on any atom is 0.337 e. The van der Waals surface area contributed by atoms with Crippen molar-refractivity contribution in [1.82, 2.24) is 4.57 Å². The number of ether oxygens (including phenoxy) is 4. The molecule has 0 spiro atoms. The van der Waals surface area contributed by atoms with Crippen molar-refractivity contribution >= 4 is 55.2 Å². The topological polar surface area (TPSA) is 88.4 Å². The van der Waals surface area contributed by atoms with Gasteiger partial charge in [-0.3, -0.25) is 9.36 Å². The van der Waals surface area contributed by atoms with E-state index >= 15 is 0 Å². The summed E-state index contributed by atoms with van der Waals surface area (Å²) < 4.78 is 39.7. The highest BCUT2D eigenvalue weighted by Gasteiger charge is 2.31. The second-order valence-corrected chi connectivity index (χ2v) is 12.2. The summed E-state index contributed by atoms with van der Waals surface area (Å²) in [4.78, 5) is 31.6. The monoisotopic (exact) mass is 744 g/mol. The predicted octanol–water partition coefficient (Wildman–Crippen LogP) is 6.06. The van der Waals surface area contributed by atoms with Gasteiger partial charge in [-0.05, 0) is 93.2 Å². The molecule has 0 radical (unpaired) electrons. The Morgan fingerprint density at radius 3 is 2.41 bits per heavy atom. The van der Waals surface area contributed by atoms with Gasteiger partial charge in [0.2, 0.25) is 0 Å². The zero-order valence-corrected chi connectivity index (χ0v) is 27.9. The fourth-order valence-electron chi connectivity index (χ4n) is 4.70. The third kappa shape index (κ3) is 6.52. The first-order valence-corrected chi connectivity index (χ1v) is 16.0. The molecule has 0 fully saturated rings. The molecule has 0 aliphatic carbocycles. The third-order valence-electron chi connectivity index (χ3n) is 6.66. The molecular formula is C32H27Br2FN2O6S. The normalized spacial score (nSPS) is 14.4. The lowest BCUT2D eigenvalue weighted by molar-refractivity contribution is -0.136. The molecular weight excluding hydrogens is 719 g/mol. The first-order chi connectivity index (χ1) is 21.2. The van der Waals surface area contributed by atoms with E-state index in [2.05, 4.69) is 36.9 Å². The van der Waals surface area contributed by atoms with E-state index in [4.69, 9.17) is 18.9 Å². The van der Waals surface area contributed by atoms with Crippen LogP contribution in [0.5, 0.6) is 17.2 Å². The summed E-state index contributed by atoms with van der Waals surface area (Å²) >= 11 is 8.28. The highest BCUT2D eigenvalue weighted by molar-refractivity contribution is 9.11. The van der Waals surface area contributed by atoms with Crippen molar-refractivity contribution in [3.63, 3.8) is 0 Å². The SMILES string of the molecule is CCOc1ccc([C@@H]2C(C(=O)OC)=CN=c3s/c(=C\c4cc(Br)c(OCc5ccccc5F)c(Br)c4)c(=O)n32)cc1OCC. The second-order valence-electron chi connectivity index (χ2n) is 9.44. The average molecular weight is 746 g/mol. The molecule has 0 saturated heterocycles. The summed E-state index contributed by atoms with van der Waals surface area (Å²) in [7, 11) is 1.29. The van der Waals surface area contributed by atoms with E-state index in [-0.39, 0.29) is 23.6 Å². The van der Waals surface area contributed by atoms with Crippen LogP contribution in [-0.4, -0.2) is 30.9 Å². The van der Waals surface area contributed by atoms with Gasteiger partial charge in [-0.2, -0.15) is 0 Å². The summed E-state index contributed by atoms with van der Waals surface area (Å²) in [5.41, 5.74) is 1.65. The van der Waals surface area contributed by atoms with Crippen LogP contribution in [-0.2, 0) is 16.1 Å². The standard InChI is InChI=1S/C32H27Br2FN2O6S/c1-4-41-25-11-10-19(15-26(25)42-5-2)28-21(31(39)40-3)16-36-32-37(28)30(38)27(44-32)14-18-12-22(33)29(23(34)13-18)43-17-20-8-6-7-9-24(20)35/h6-16,28H,4-5,17H2,1-3H3/b27-14-/t28-/m1/s1. The number of esters is 1. The summed E-state index contributed by atoms with van der Waals surface area (Å²) in [5, 5.41) is 0. The van der Waals surface area contributed by atoms with Crippen LogP contribution in [0.15, 0.2) is 85.1 Å². The average Bonchev–Trinajstić information content (AvgIpc) is 3.32. The molecule has 1 atom stereocenters. The Morgan fingerprint density at radius 1 is 1.02 bits per heavy atom. The number of halogens is 3. The number of fused-ring (bicyclic) bond motifs is 1. The first kappa shape index (κ1) is 31.7. The van der Waals surface area contributed by atoms with Gasteiger partial charge in [-0.25, -0.2) is 14.2 Å². The van der Waals surface area contributed by atoms with Crippen LogP contribution in [0, 0.1) is 5.82 Å². The molecule has 12 heteroatoms. The quantitative estimate of drug-likeness (QED) is 0.184. The summed E-state index contributed by atoms with van der Waals surface area (Å²) in [6.07, 6.45) is 3.18. The number of rotatable bonds is 10. The Hall–Kier alpha value is -3.74. The van der Waals surface area contributed by atoms with E-state index in [9.17, 15) is 14.0 Å². The zero-order chi connectivity index (χ0) is 31.4. The minimum atomic E-state index is -0.802. The lowest BCUT2D eigenvalue weighted by atomic mass is 9.97. The van der Waals surface area contributed by atoms with Crippen LogP contribution >= 0.6 is 43.2 Å². The van der Waals surface area contributed by atoms with E-state index in [0.717, 1.165) is 0 Å². The molecule has 4 aromatic rings. The molecule has 228 valence electrons. The van der Waals surface area contributed by atoms with Crippen molar-refractivity contribution in [3.05, 3.63) is 118 Å². The highest BCUT2D eigenvalue weighted by atomic mass is 79.9. The molecule has 0 bridgehead atoms. The fraction of sp³-hybridized carbons (Fsp3) is 0.219. The molecule has 44 heavy (non-hydrogen) atoms. The number of aromatic nitrogens is 1. The largest absolute Gasteiger partial charge is 0.490 e. The first-order valence-electron chi connectivity index (χ1n) is 13.6. The van der Waals surface area contributed by atoms with Gasteiger partial charge in [-0.1, -0.05) is 35.6 Å². The van der Waals surface area contributed by atoms with Crippen LogP contribution in [0.3, 0.4) is 0 Å². The van der Waals surface area contributed by atoms with Crippen molar-refractivity contribution in [2.75, 3.05) is 20.3 Å². The van der Waals surface area contributed by atoms with Crippen molar-refractivity contribution in [2.45, 2.75) is 26.5 Å². The maximum absolute atomic E-state index is 14.1. The number of methoxy groups -OCH3 is 1.